The van der Waals surface area contributed by atoms with Crippen molar-refractivity contribution in [1.29, 1.82) is 0 Å². The first-order valence-corrected chi connectivity index (χ1v) is 8.30. The largest absolute Gasteiger partial charge is 0.379 e. The molecule has 19 heavy (non-hydrogen) atoms. The predicted octanol–water partition coefficient (Wildman–Crippen LogP) is 6.20. The molecule has 4 heteroatoms. The highest BCUT2D eigenvalue weighted by Crippen LogP contribution is 2.33. The Bertz CT molecular complexity index is 585. The van der Waals surface area contributed by atoms with Crippen LogP contribution in [0.5, 0.6) is 0 Å². The Hall–Kier alpha value is -0.320. The summed E-state index contributed by atoms with van der Waals surface area (Å²) >= 11 is 10.8. The summed E-state index contributed by atoms with van der Waals surface area (Å²) in [5.74, 6) is 0. The minimum Gasteiger partial charge on any atom is -0.379 e. The quantitative estimate of drug-likeness (QED) is 0.590. The summed E-state index contributed by atoms with van der Waals surface area (Å²) in [6.07, 6.45) is 0. The standard InChI is InChI=1S/C15H14Br3N/c1-9-3-4-11(12(16)5-9)8-19-15-13(17)6-10(2)7-14(15)18/h3-7,19H,8H2,1-2H3. The van der Waals surface area contributed by atoms with Gasteiger partial charge in [0.2, 0.25) is 0 Å². The molecular weight excluding hydrogens is 434 g/mol. The Balaban J connectivity index is 2.19. The first-order chi connectivity index (χ1) is 8.97. The van der Waals surface area contributed by atoms with E-state index >= 15 is 0 Å². The van der Waals surface area contributed by atoms with Crippen LogP contribution in [0.15, 0.2) is 43.7 Å². The molecule has 0 amide bonds. The maximum absolute atomic E-state index is 3.61. The summed E-state index contributed by atoms with van der Waals surface area (Å²) in [4.78, 5) is 0. The van der Waals surface area contributed by atoms with E-state index < -0.39 is 0 Å². The van der Waals surface area contributed by atoms with Gasteiger partial charge in [-0.2, -0.15) is 0 Å². The third kappa shape index (κ3) is 3.83. The van der Waals surface area contributed by atoms with Crippen molar-refractivity contribution < 1.29 is 0 Å². The van der Waals surface area contributed by atoms with Crippen LogP contribution < -0.4 is 5.32 Å². The minimum absolute atomic E-state index is 0.779. The van der Waals surface area contributed by atoms with E-state index in [1.807, 2.05) is 0 Å². The van der Waals surface area contributed by atoms with Crippen molar-refractivity contribution in [3.8, 4) is 0 Å². The molecule has 0 heterocycles. The Kier molecular flexibility index (Phi) is 5.09. The number of hydrogen-bond acceptors (Lipinski definition) is 1. The third-order valence-electron chi connectivity index (χ3n) is 2.85. The minimum atomic E-state index is 0.779. The summed E-state index contributed by atoms with van der Waals surface area (Å²) < 4.78 is 3.28. The molecule has 0 aliphatic heterocycles. The van der Waals surface area contributed by atoms with Crippen LogP contribution in [0.3, 0.4) is 0 Å². The molecule has 2 rings (SSSR count). The Labute approximate surface area is 139 Å². The van der Waals surface area contributed by atoms with E-state index in [0.29, 0.717) is 0 Å². The van der Waals surface area contributed by atoms with Crippen molar-refractivity contribution in [3.63, 3.8) is 0 Å². The first-order valence-electron chi connectivity index (χ1n) is 5.92. The molecule has 2 aromatic carbocycles. The van der Waals surface area contributed by atoms with Gasteiger partial charge in [-0.1, -0.05) is 28.1 Å². The fourth-order valence-corrected chi connectivity index (χ4v) is 4.18. The first kappa shape index (κ1) is 15.1. The van der Waals surface area contributed by atoms with Crippen molar-refractivity contribution >= 4 is 53.5 Å². The number of benzene rings is 2. The fourth-order valence-electron chi connectivity index (χ4n) is 1.85. The van der Waals surface area contributed by atoms with E-state index in [2.05, 4.69) is 97.3 Å². The highest BCUT2D eigenvalue weighted by atomic mass is 79.9. The van der Waals surface area contributed by atoms with Gasteiger partial charge in [0.05, 0.1) is 5.69 Å². The predicted molar refractivity (Wildman–Crippen MR) is 92.8 cm³/mol. The van der Waals surface area contributed by atoms with Gasteiger partial charge in [0.25, 0.3) is 0 Å². The van der Waals surface area contributed by atoms with Crippen LogP contribution in [-0.2, 0) is 6.54 Å². The lowest BCUT2D eigenvalue weighted by Gasteiger charge is -2.13. The topological polar surface area (TPSA) is 12.0 Å². The summed E-state index contributed by atoms with van der Waals surface area (Å²) in [5, 5.41) is 3.46. The van der Waals surface area contributed by atoms with Gasteiger partial charge in [0.15, 0.2) is 0 Å². The van der Waals surface area contributed by atoms with Crippen LogP contribution in [0.2, 0.25) is 0 Å². The second kappa shape index (κ2) is 6.42. The van der Waals surface area contributed by atoms with Gasteiger partial charge in [-0.15, -0.1) is 0 Å². The van der Waals surface area contributed by atoms with Crippen molar-refractivity contribution in [2.24, 2.45) is 0 Å². The number of rotatable bonds is 3. The fraction of sp³-hybridized carbons (Fsp3) is 0.200. The number of anilines is 1. The average Bonchev–Trinajstić information content (AvgIpc) is 2.30. The van der Waals surface area contributed by atoms with Gasteiger partial charge >= 0.3 is 0 Å². The van der Waals surface area contributed by atoms with Crippen LogP contribution >= 0.6 is 47.8 Å². The normalized spacial score (nSPS) is 10.6. The van der Waals surface area contributed by atoms with Crippen LogP contribution in [-0.4, -0.2) is 0 Å². The average molecular weight is 448 g/mol. The molecule has 0 aromatic heterocycles. The Morgan fingerprint density at radius 3 is 2.00 bits per heavy atom. The molecule has 1 N–H and O–H groups in total. The van der Waals surface area contributed by atoms with Gasteiger partial charge in [-0.05, 0) is 80.6 Å². The zero-order valence-corrected chi connectivity index (χ0v) is 15.5. The number of aryl methyl sites for hydroxylation is 2. The molecule has 0 unspecified atom stereocenters. The molecule has 0 spiro atoms. The molecule has 0 atom stereocenters. The SMILES string of the molecule is Cc1ccc(CNc2c(Br)cc(C)cc2Br)c(Br)c1. The van der Waals surface area contributed by atoms with Crippen molar-refractivity contribution in [1.82, 2.24) is 0 Å². The van der Waals surface area contributed by atoms with Gasteiger partial charge in [0.1, 0.15) is 0 Å². The van der Waals surface area contributed by atoms with E-state index in [4.69, 9.17) is 0 Å². The molecule has 0 aliphatic carbocycles. The smallest absolute Gasteiger partial charge is 0.0631 e. The molecule has 0 radical (unpaired) electrons. The maximum atomic E-state index is 3.61. The van der Waals surface area contributed by atoms with Crippen LogP contribution in [0.25, 0.3) is 0 Å². The number of halogens is 3. The lowest BCUT2D eigenvalue weighted by Crippen LogP contribution is -2.02. The summed E-state index contributed by atoms with van der Waals surface area (Å²) in [7, 11) is 0. The van der Waals surface area contributed by atoms with E-state index in [0.717, 1.165) is 25.7 Å². The van der Waals surface area contributed by atoms with Gasteiger partial charge < -0.3 is 5.32 Å². The molecule has 0 fully saturated rings. The molecule has 2 aromatic rings. The summed E-state index contributed by atoms with van der Waals surface area (Å²) in [6.45, 7) is 4.95. The monoisotopic (exact) mass is 445 g/mol. The number of hydrogen-bond donors (Lipinski definition) is 1. The highest BCUT2D eigenvalue weighted by molar-refractivity contribution is 9.11. The van der Waals surface area contributed by atoms with Crippen LogP contribution in [0.4, 0.5) is 5.69 Å². The van der Waals surface area contributed by atoms with Crippen molar-refractivity contribution in [2.75, 3.05) is 5.32 Å². The zero-order chi connectivity index (χ0) is 14.0. The van der Waals surface area contributed by atoms with Crippen LogP contribution in [0, 0.1) is 13.8 Å². The second-order valence-electron chi connectivity index (χ2n) is 4.55. The Morgan fingerprint density at radius 2 is 1.42 bits per heavy atom. The van der Waals surface area contributed by atoms with E-state index in [9.17, 15) is 0 Å². The van der Waals surface area contributed by atoms with E-state index in [1.165, 1.54) is 16.7 Å². The molecular formula is C15H14Br3N. The number of nitrogens with one attached hydrogen (secondary N) is 1. The van der Waals surface area contributed by atoms with Crippen molar-refractivity contribution in [3.05, 3.63) is 60.4 Å². The maximum Gasteiger partial charge on any atom is 0.0631 e. The lowest BCUT2D eigenvalue weighted by atomic mass is 10.1. The second-order valence-corrected chi connectivity index (χ2v) is 7.11. The van der Waals surface area contributed by atoms with Gasteiger partial charge in [-0.25, -0.2) is 0 Å². The molecule has 100 valence electrons. The summed E-state index contributed by atoms with van der Waals surface area (Å²) in [6, 6.07) is 10.6. The van der Waals surface area contributed by atoms with Crippen LogP contribution in [0.1, 0.15) is 16.7 Å². The third-order valence-corrected chi connectivity index (χ3v) is 4.84. The molecule has 0 saturated heterocycles. The molecule has 0 aliphatic rings. The highest BCUT2D eigenvalue weighted by Gasteiger charge is 2.07. The van der Waals surface area contributed by atoms with Gasteiger partial charge in [-0.3, -0.25) is 0 Å². The Morgan fingerprint density at radius 1 is 0.842 bits per heavy atom. The van der Waals surface area contributed by atoms with Gasteiger partial charge in [0, 0.05) is 20.0 Å². The van der Waals surface area contributed by atoms with E-state index in [1.54, 1.807) is 0 Å². The summed E-state index contributed by atoms with van der Waals surface area (Å²) in [5.41, 5.74) is 4.80. The zero-order valence-electron chi connectivity index (χ0n) is 10.7. The molecule has 0 saturated carbocycles. The molecule has 0 bridgehead atoms. The lowest BCUT2D eigenvalue weighted by molar-refractivity contribution is 1.12. The van der Waals surface area contributed by atoms with Crippen molar-refractivity contribution in [2.45, 2.75) is 20.4 Å². The van der Waals surface area contributed by atoms with E-state index in [-0.39, 0.29) is 0 Å². The molecule has 1 nitrogen and oxygen atoms in total.